The van der Waals surface area contributed by atoms with E-state index in [0.29, 0.717) is 30.5 Å². The van der Waals surface area contributed by atoms with Crippen molar-refractivity contribution in [1.82, 2.24) is 14.7 Å². The second-order valence-electron chi connectivity index (χ2n) is 8.39. The van der Waals surface area contributed by atoms with Crippen molar-refractivity contribution in [2.75, 3.05) is 26.2 Å². The molecule has 0 radical (unpaired) electrons. The molecule has 3 aliphatic rings. The molecule has 4 heteroatoms. The average molecular weight is 348 g/mol. The van der Waals surface area contributed by atoms with Gasteiger partial charge in [0.05, 0.1) is 0 Å². The van der Waals surface area contributed by atoms with Crippen LogP contribution in [0.5, 0.6) is 0 Å². The molecule has 4 nitrogen and oxygen atoms in total. The summed E-state index contributed by atoms with van der Waals surface area (Å²) in [5.41, 5.74) is 0. The highest BCUT2D eigenvalue weighted by molar-refractivity contribution is 5.76. The number of hydrogen-bond acceptors (Lipinski definition) is 3. The van der Waals surface area contributed by atoms with Crippen molar-refractivity contribution in [3.8, 4) is 0 Å². The summed E-state index contributed by atoms with van der Waals surface area (Å²) in [5, 5.41) is 0. The minimum absolute atomic E-state index is 0.355. The van der Waals surface area contributed by atoms with E-state index in [1.54, 1.807) is 0 Å². The van der Waals surface area contributed by atoms with Crippen LogP contribution in [0.4, 0.5) is 0 Å². The Morgan fingerprint density at radius 3 is 2.64 bits per heavy atom. The summed E-state index contributed by atoms with van der Waals surface area (Å²) >= 11 is 0. The van der Waals surface area contributed by atoms with Gasteiger partial charge in [0.1, 0.15) is 0 Å². The maximum absolute atomic E-state index is 12.8. The average Bonchev–Trinajstić information content (AvgIpc) is 3.44. The first kappa shape index (κ1) is 18.8. The number of amides is 1. The van der Waals surface area contributed by atoms with Gasteiger partial charge in [0, 0.05) is 44.2 Å². The van der Waals surface area contributed by atoms with Gasteiger partial charge in [-0.05, 0) is 70.5 Å². The molecular formula is C21H37N3O. The number of hydrogen-bond donors (Lipinski definition) is 0. The zero-order valence-electron chi connectivity index (χ0n) is 16.3. The van der Waals surface area contributed by atoms with Crippen molar-refractivity contribution < 1.29 is 4.79 Å². The highest BCUT2D eigenvalue weighted by Crippen LogP contribution is 2.41. The van der Waals surface area contributed by atoms with E-state index in [0.717, 1.165) is 38.5 Å². The van der Waals surface area contributed by atoms with Crippen LogP contribution >= 0.6 is 0 Å². The Balaban J connectivity index is 1.48. The van der Waals surface area contributed by atoms with Gasteiger partial charge in [-0.2, -0.15) is 0 Å². The van der Waals surface area contributed by atoms with Crippen LogP contribution < -0.4 is 0 Å². The molecule has 142 valence electrons. The fourth-order valence-corrected chi connectivity index (χ4v) is 5.03. The Morgan fingerprint density at radius 2 is 2.00 bits per heavy atom. The highest BCUT2D eigenvalue weighted by atomic mass is 16.2. The first-order valence-corrected chi connectivity index (χ1v) is 10.6. The van der Waals surface area contributed by atoms with E-state index in [1.807, 2.05) is 0 Å². The zero-order valence-corrected chi connectivity index (χ0v) is 16.3. The molecule has 2 aliphatic heterocycles. The Hall–Kier alpha value is -1.03. The third-order valence-electron chi connectivity index (χ3n) is 6.48. The van der Waals surface area contributed by atoms with Crippen molar-refractivity contribution in [1.29, 1.82) is 0 Å². The van der Waals surface area contributed by atoms with Crippen molar-refractivity contribution in [2.24, 2.45) is 5.92 Å². The third kappa shape index (κ3) is 4.58. The van der Waals surface area contributed by atoms with E-state index in [1.165, 1.54) is 38.5 Å². The van der Waals surface area contributed by atoms with Gasteiger partial charge < -0.3 is 9.80 Å². The van der Waals surface area contributed by atoms with E-state index >= 15 is 0 Å². The van der Waals surface area contributed by atoms with Gasteiger partial charge in [0.2, 0.25) is 5.91 Å². The molecule has 0 aromatic rings. The molecule has 0 N–H and O–H groups in total. The Kier molecular flexibility index (Phi) is 6.43. The van der Waals surface area contributed by atoms with Gasteiger partial charge in [-0.25, -0.2) is 0 Å². The first-order chi connectivity index (χ1) is 12.1. The van der Waals surface area contributed by atoms with Crippen molar-refractivity contribution in [3.63, 3.8) is 0 Å². The number of nitrogens with zero attached hydrogens (tertiary/aromatic N) is 3. The number of carbonyl (C=O) groups is 1. The summed E-state index contributed by atoms with van der Waals surface area (Å²) in [5.74, 6) is 1.25. The fourth-order valence-electron chi connectivity index (χ4n) is 5.03. The molecule has 2 heterocycles. The molecule has 0 spiro atoms. The van der Waals surface area contributed by atoms with Crippen molar-refractivity contribution in [2.45, 2.75) is 83.3 Å². The lowest BCUT2D eigenvalue weighted by atomic mass is 9.90. The molecule has 1 aliphatic carbocycles. The SMILES string of the molecule is C=CN1C(CCC(=O)N2CCN(CCC)CC2C)CCCC1C1CC1. The van der Waals surface area contributed by atoms with Crippen LogP contribution in [0.15, 0.2) is 12.8 Å². The van der Waals surface area contributed by atoms with Gasteiger partial charge >= 0.3 is 0 Å². The normalized spacial score (nSPS) is 31.2. The Bertz CT molecular complexity index is 462. The van der Waals surface area contributed by atoms with Gasteiger partial charge in [0.15, 0.2) is 0 Å². The number of piperazine rings is 1. The maximum atomic E-state index is 12.8. The molecule has 1 saturated carbocycles. The van der Waals surface area contributed by atoms with Crippen LogP contribution in [0, 0.1) is 5.92 Å². The van der Waals surface area contributed by atoms with Gasteiger partial charge in [-0.15, -0.1) is 0 Å². The summed E-state index contributed by atoms with van der Waals surface area (Å²) in [6.45, 7) is 12.6. The molecule has 0 bridgehead atoms. The van der Waals surface area contributed by atoms with E-state index < -0.39 is 0 Å². The molecule has 3 rings (SSSR count). The quantitative estimate of drug-likeness (QED) is 0.705. The smallest absolute Gasteiger partial charge is 0.222 e. The summed E-state index contributed by atoms with van der Waals surface area (Å²) in [4.78, 5) is 19.9. The van der Waals surface area contributed by atoms with Crippen LogP contribution in [-0.4, -0.2) is 64.9 Å². The van der Waals surface area contributed by atoms with Crippen molar-refractivity contribution in [3.05, 3.63) is 12.8 Å². The van der Waals surface area contributed by atoms with Gasteiger partial charge in [-0.1, -0.05) is 13.5 Å². The number of carbonyl (C=O) groups excluding carboxylic acids is 1. The number of piperidine rings is 1. The number of rotatable bonds is 7. The number of likely N-dealkylation sites (tertiary alicyclic amines) is 1. The largest absolute Gasteiger partial charge is 0.372 e. The van der Waals surface area contributed by atoms with Crippen LogP contribution in [-0.2, 0) is 4.79 Å². The highest BCUT2D eigenvalue weighted by Gasteiger charge is 2.39. The van der Waals surface area contributed by atoms with E-state index in [-0.39, 0.29) is 0 Å². The Labute approximate surface area is 154 Å². The minimum atomic E-state index is 0.355. The summed E-state index contributed by atoms with van der Waals surface area (Å²) in [6.07, 6.45) is 11.6. The molecule has 3 unspecified atom stereocenters. The lowest BCUT2D eigenvalue weighted by Gasteiger charge is -2.43. The van der Waals surface area contributed by atoms with Crippen LogP contribution in [0.3, 0.4) is 0 Å². The van der Waals surface area contributed by atoms with Crippen LogP contribution in [0.2, 0.25) is 0 Å². The van der Waals surface area contributed by atoms with Crippen molar-refractivity contribution >= 4 is 5.91 Å². The molecule has 2 saturated heterocycles. The molecular weight excluding hydrogens is 310 g/mol. The second-order valence-corrected chi connectivity index (χ2v) is 8.39. The molecule has 1 amide bonds. The van der Waals surface area contributed by atoms with E-state index in [2.05, 4.69) is 41.3 Å². The van der Waals surface area contributed by atoms with Gasteiger partial charge in [-0.3, -0.25) is 9.69 Å². The third-order valence-corrected chi connectivity index (χ3v) is 6.48. The fraction of sp³-hybridized carbons (Fsp3) is 0.857. The second kappa shape index (κ2) is 8.57. The topological polar surface area (TPSA) is 26.8 Å². The standard InChI is InChI=1S/C21H37N3O/c1-4-13-22-14-15-24(17(3)16-22)21(25)12-11-19-7-6-8-20(18-9-10-18)23(19)5-2/h5,17-20H,2,4,6-16H2,1,3H3. The Morgan fingerprint density at radius 1 is 1.20 bits per heavy atom. The minimum Gasteiger partial charge on any atom is -0.372 e. The predicted molar refractivity (Wildman–Crippen MR) is 103 cm³/mol. The van der Waals surface area contributed by atoms with Crippen LogP contribution in [0.25, 0.3) is 0 Å². The molecule has 0 aromatic heterocycles. The predicted octanol–water partition coefficient (Wildman–Crippen LogP) is 3.49. The van der Waals surface area contributed by atoms with Crippen LogP contribution in [0.1, 0.15) is 65.2 Å². The first-order valence-electron chi connectivity index (χ1n) is 10.6. The summed E-state index contributed by atoms with van der Waals surface area (Å²) in [6, 6.07) is 1.58. The molecule has 3 fully saturated rings. The van der Waals surface area contributed by atoms with E-state index in [9.17, 15) is 4.79 Å². The molecule has 3 atom stereocenters. The molecule has 0 aromatic carbocycles. The lowest BCUT2D eigenvalue weighted by Crippen LogP contribution is -2.54. The van der Waals surface area contributed by atoms with E-state index in [4.69, 9.17) is 0 Å². The maximum Gasteiger partial charge on any atom is 0.222 e. The van der Waals surface area contributed by atoms with Gasteiger partial charge in [0.25, 0.3) is 0 Å². The monoisotopic (exact) mass is 347 g/mol. The lowest BCUT2D eigenvalue weighted by molar-refractivity contribution is -0.136. The summed E-state index contributed by atoms with van der Waals surface area (Å²) < 4.78 is 0. The molecule has 25 heavy (non-hydrogen) atoms. The zero-order chi connectivity index (χ0) is 17.8. The summed E-state index contributed by atoms with van der Waals surface area (Å²) in [7, 11) is 0.